The Labute approximate surface area is 104 Å². The molecule has 17 heavy (non-hydrogen) atoms. The van der Waals surface area contributed by atoms with E-state index in [-0.39, 0.29) is 5.91 Å². The highest BCUT2D eigenvalue weighted by atomic mass is 16.2. The van der Waals surface area contributed by atoms with Gasteiger partial charge in [-0.2, -0.15) is 5.26 Å². The van der Waals surface area contributed by atoms with Crippen LogP contribution in [0.2, 0.25) is 0 Å². The number of rotatable bonds is 1. The van der Waals surface area contributed by atoms with Crippen LogP contribution in [0.4, 0.5) is 0 Å². The minimum Gasteiger partial charge on any atom is -0.341 e. The van der Waals surface area contributed by atoms with E-state index in [2.05, 4.69) is 19.9 Å². The van der Waals surface area contributed by atoms with Gasteiger partial charge in [0.25, 0.3) is 0 Å². The summed E-state index contributed by atoms with van der Waals surface area (Å²) in [5.74, 6) is 1.24. The van der Waals surface area contributed by atoms with Gasteiger partial charge in [0.05, 0.1) is 6.07 Å². The molecule has 1 aliphatic heterocycles. The minimum absolute atomic E-state index is 0.107. The first-order valence-corrected chi connectivity index (χ1v) is 6.80. The van der Waals surface area contributed by atoms with Crippen LogP contribution in [-0.2, 0) is 4.79 Å². The Morgan fingerprint density at radius 3 is 2.18 bits per heavy atom. The van der Waals surface area contributed by atoms with Crippen LogP contribution < -0.4 is 0 Å². The molecule has 0 bridgehead atoms. The van der Waals surface area contributed by atoms with Crippen LogP contribution in [0, 0.1) is 28.6 Å². The molecule has 2 rings (SSSR count). The predicted octanol–water partition coefficient (Wildman–Crippen LogP) is 2.57. The largest absolute Gasteiger partial charge is 0.341 e. The molecule has 2 aliphatic rings. The molecule has 2 fully saturated rings. The van der Waals surface area contributed by atoms with Gasteiger partial charge in [-0.3, -0.25) is 4.79 Å². The average Bonchev–Trinajstić information content (AvgIpc) is 2.69. The molecule has 3 nitrogen and oxygen atoms in total. The Balaban J connectivity index is 2.11. The van der Waals surface area contributed by atoms with Crippen molar-refractivity contribution in [2.24, 2.45) is 17.3 Å². The van der Waals surface area contributed by atoms with Gasteiger partial charge in [-0.05, 0) is 24.7 Å². The summed E-state index contributed by atoms with van der Waals surface area (Å²) in [5.41, 5.74) is -0.692. The number of nitriles is 1. The second-order valence-corrected chi connectivity index (χ2v) is 5.92. The number of hydrogen-bond donors (Lipinski definition) is 0. The highest BCUT2D eigenvalue weighted by Gasteiger charge is 2.44. The quantitative estimate of drug-likeness (QED) is 0.700. The normalized spacial score (nSPS) is 32.2. The Hall–Kier alpha value is -1.04. The molecule has 1 saturated heterocycles. The van der Waals surface area contributed by atoms with Gasteiger partial charge in [0.1, 0.15) is 5.41 Å². The van der Waals surface area contributed by atoms with Crippen LogP contribution >= 0.6 is 0 Å². The first kappa shape index (κ1) is 12.4. The second-order valence-electron chi connectivity index (χ2n) is 5.92. The molecule has 3 heteroatoms. The van der Waals surface area contributed by atoms with Crippen LogP contribution in [0.25, 0.3) is 0 Å². The molecule has 1 aliphatic carbocycles. The van der Waals surface area contributed by atoms with Crippen LogP contribution in [0.3, 0.4) is 0 Å². The van der Waals surface area contributed by atoms with E-state index in [4.69, 9.17) is 0 Å². The van der Waals surface area contributed by atoms with Crippen molar-refractivity contribution in [2.45, 2.75) is 46.0 Å². The maximum atomic E-state index is 12.5. The summed E-state index contributed by atoms with van der Waals surface area (Å²) in [6.45, 7) is 6.06. The number of amides is 1. The summed E-state index contributed by atoms with van der Waals surface area (Å²) >= 11 is 0. The van der Waals surface area contributed by atoms with Crippen molar-refractivity contribution >= 4 is 5.91 Å². The Morgan fingerprint density at radius 2 is 1.71 bits per heavy atom. The monoisotopic (exact) mass is 234 g/mol. The Kier molecular flexibility index (Phi) is 3.42. The number of carbonyl (C=O) groups excluding carboxylic acids is 1. The molecule has 1 heterocycles. The smallest absolute Gasteiger partial charge is 0.243 e. The van der Waals surface area contributed by atoms with Crippen LogP contribution in [-0.4, -0.2) is 23.9 Å². The van der Waals surface area contributed by atoms with Gasteiger partial charge in [-0.15, -0.1) is 0 Å². The molecule has 2 atom stereocenters. The summed E-state index contributed by atoms with van der Waals surface area (Å²) in [4.78, 5) is 14.5. The lowest BCUT2D eigenvalue weighted by Gasteiger charge is -2.33. The summed E-state index contributed by atoms with van der Waals surface area (Å²) in [5, 5.41) is 9.41. The second kappa shape index (κ2) is 4.68. The molecule has 0 aromatic carbocycles. The molecule has 1 amide bonds. The van der Waals surface area contributed by atoms with Gasteiger partial charge >= 0.3 is 0 Å². The lowest BCUT2D eigenvalue weighted by atomic mass is 9.74. The average molecular weight is 234 g/mol. The van der Waals surface area contributed by atoms with E-state index < -0.39 is 5.41 Å². The Morgan fingerprint density at radius 1 is 1.18 bits per heavy atom. The molecule has 0 aromatic rings. The molecule has 2 unspecified atom stereocenters. The van der Waals surface area contributed by atoms with E-state index in [9.17, 15) is 10.1 Å². The van der Waals surface area contributed by atoms with Crippen molar-refractivity contribution in [3.63, 3.8) is 0 Å². The lowest BCUT2D eigenvalue weighted by Crippen LogP contribution is -2.43. The lowest BCUT2D eigenvalue weighted by molar-refractivity contribution is -0.139. The van der Waals surface area contributed by atoms with Crippen molar-refractivity contribution in [2.75, 3.05) is 13.1 Å². The maximum Gasteiger partial charge on any atom is 0.243 e. The van der Waals surface area contributed by atoms with Gasteiger partial charge in [0, 0.05) is 13.1 Å². The molecule has 0 spiro atoms. The van der Waals surface area contributed by atoms with Crippen molar-refractivity contribution in [3.05, 3.63) is 0 Å². The predicted molar refractivity (Wildman–Crippen MR) is 66.0 cm³/mol. The maximum absolute atomic E-state index is 12.5. The van der Waals surface area contributed by atoms with Crippen LogP contribution in [0.5, 0.6) is 0 Å². The Bertz CT molecular complexity index is 329. The fourth-order valence-electron chi connectivity index (χ4n) is 3.13. The standard InChI is InChI=1S/C14H22N2O/c1-11-8-16(9-12(11)2)13(17)14(10-15)6-4-3-5-7-14/h11-12H,3-9H2,1-2H3. The van der Waals surface area contributed by atoms with Crippen LogP contribution in [0.15, 0.2) is 0 Å². The number of likely N-dealkylation sites (tertiary alicyclic amines) is 1. The summed E-state index contributed by atoms with van der Waals surface area (Å²) in [6, 6.07) is 2.33. The third-order valence-electron chi connectivity index (χ3n) is 4.61. The number of carbonyl (C=O) groups is 1. The SMILES string of the molecule is CC1CN(C(=O)C2(C#N)CCCCC2)CC1C. The van der Waals surface area contributed by atoms with Crippen molar-refractivity contribution in [1.82, 2.24) is 4.90 Å². The van der Waals surface area contributed by atoms with Gasteiger partial charge in [-0.25, -0.2) is 0 Å². The third kappa shape index (κ3) is 2.18. The fourth-order valence-corrected chi connectivity index (χ4v) is 3.13. The van der Waals surface area contributed by atoms with Crippen molar-refractivity contribution in [1.29, 1.82) is 5.26 Å². The van der Waals surface area contributed by atoms with Crippen LogP contribution in [0.1, 0.15) is 46.0 Å². The van der Waals surface area contributed by atoms with E-state index in [1.54, 1.807) is 0 Å². The molecular formula is C14H22N2O. The molecule has 94 valence electrons. The number of hydrogen-bond acceptors (Lipinski definition) is 2. The van der Waals surface area contributed by atoms with Crippen molar-refractivity contribution in [3.8, 4) is 6.07 Å². The molecular weight excluding hydrogens is 212 g/mol. The molecule has 0 N–H and O–H groups in total. The van der Waals surface area contributed by atoms with Gasteiger partial charge < -0.3 is 4.90 Å². The van der Waals surface area contributed by atoms with E-state index in [1.807, 2.05) is 4.90 Å². The zero-order valence-corrected chi connectivity index (χ0v) is 10.9. The first-order chi connectivity index (χ1) is 8.09. The summed E-state index contributed by atoms with van der Waals surface area (Å²) in [7, 11) is 0. The topological polar surface area (TPSA) is 44.1 Å². The zero-order chi connectivity index (χ0) is 12.5. The highest BCUT2D eigenvalue weighted by molar-refractivity contribution is 5.85. The highest BCUT2D eigenvalue weighted by Crippen LogP contribution is 2.39. The fraction of sp³-hybridized carbons (Fsp3) is 0.857. The van der Waals surface area contributed by atoms with E-state index in [1.165, 1.54) is 6.42 Å². The van der Waals surface area contributed by atoms with E-state index >= 15 is 0 Å². The first-order valence-electron chi connectivity index (χ1n) is 6.80. The van der Waals surface area contributed by atoms with Gasteiger partial charge in [0.2, 0.25) is 5.91 Å². The molecule has 0 aromatic heterocycles. The van der Waals surface area contributed by atoms with E-state index in [0.29, 0.717) is 11.8 Å². The zero-order valence-electron chi connectivity index (χ0n) is 10.9. The summed E-state index contributed by atoms with van der Waals surface area (Å²) in [6.07, 6.45) is 4.75. The minimum atomic E-state index is -0.692. The number of nitrogens with zero attached hydrogens (tertiary/aromatic N) is 2. The van der Waals surface area contributed by atoms with Gasteiger partial charge in [-0.1, -0.05) is 33.1 Å². The van der Waals surface area contributed by atoms with E-state index in [0.717, 1.165) is 38.8 Å². The molecule has 0 radical (unpaired) electrons. The molecule has 1 saturated carbocycles. The third-order valence-corrected chi connectivity index (χ3v) is 4.61. The summed E-state index contributed by atoms with van der Waals surface area (Å²) < 4.78 is 0. The van der Waals surface area contributed by atoms with Crippen molar-refractivity contribution < 1.29 is 4.79 Å². The van der Waals surface area contributed by atoms with Gasteiger partial charge in [0.15, 0.2) is 0 Å².